The monoisotopic (exact) mass is 259 g/mol. The van der Waals surface area contributed by atoms with Crippen molar-refractivity contribution in [2.75, 3.05) is 32.1 Å². The molecule has 0 heterocycles. The van der Waals surface area contributed by atoms with Crippen LogP contribution in [0.15, 0.2) is 18.2 Å². The number of nitrogens with zero attached hydrogens (tertiary/aromatic N) is 3. The maximum atomic E-state index is 11.9. The number of benzene rings is 1. The number of rotatable bonds is 5. The molecule has 0 N–H and O–H groups in total. The van der Waals surface area contributed by atoms with Crippen LogP contribution < -0.4 is 4.90 Å². The van der Waals surface area contributed by atoms with E-state index in [4.69, 9.17) is 5.26 Å². The maximum Gasteiger partial charge on any atom is 0.241 e. The lowest BCUT2D eigenvalue weighted by atomic mass is 10.1. The lowest BCUT2D eigenvalue weighted by Gasteiger charge is -2.26. The molecular weight excluding hydrogens is 238 g/mol. The fourth-order valence-electron chi connectivity index (χ4n) is 1.94. The highest BCUT2D eigenvalue weighted by Crippen LogP contribution is 2.21. The first-order valence-electron chi connectivity index (χ1n) is 6.45. The van der Waals surface area contributed by atoms with Gasteiger partial charge in [-0.05, 0) is 37.1 Å². The number of carbonyl (C=O) groups excluding carboxylic acids is 1. The summed E-state index contributed by atoms with van der Waals surface area (Å²) in [6.45, 7) is 5.25. The highest BCUT2D eigenvalue weighted by Gasteiger charge is 2.14. The van der Waals surface area contributed by atoms with Gasteiger partial charge in [0.1, 0.15) is 0 Å². The molecule has 4 heteroatoms. The van der Waals surface area contributed by atoms with E-state index in [0.717, 1.165) is 24.2 Å². The number of carbonyl (C=O) groups is 1. The Morgan fingerprint density at radius 1 is 1.37 bits per heavy atom. The van der Waals surface area contributed by atoms with Gasteiger partial charge in [0.25, 0.3) is 0 Å². The topological polar surface area (TPSA) is 47.3 Å². The number of hydrogen-bond acceptors (Lipinski definition) is 3. The minimum absolute atomic E-state index is 0.0807. The van der Waals surface area contributed by atoms with Gasteiger partial charge in [0.05, 0.1) is 18.2 Å². The molecule has 1 aromatic carbocycles. The summed E-state index contributed by atoms with van der Waals surface area (Å²) in [4.78, 5) is 15.5. The summed E-state index contributed by atoms with van der Waals surface area (Å²) in [6, 6.07) is 7.71. The van der Waals surface area contributed by atoms with Crippen LogP contribution in [0.2, 0.25) is 0 Å². The molecule has 0 fully saturated rings. The number of nitriles is 1. The first-order valence-corrected chi connectivity index (χ1v) is 6.45. The van der Waals surface area contributed by atoms with Crippen LogP contribution in [0.4, 0.5) is 5.69 Å². The van der Waals surface area contributed by atoms with Crippen molar-refractivity contribution in [2.24, 2.45) is 0 Å². The second-order valence-electron chi connectivity index (χ2n) is 4.82. The Hall–Kier alpha value is -2.02. The zero-order valence-corrected chi connectivity index (χ0v) is 12.1. The summed E-state index contributed by atoms with van der Waals surface area (Å²) in [7, 11) is 3.52. The molecule has 1 amide bonds. The summed E-state index contributed by atoms with van der Waals surface area (Å²) >= 11 is 0. The van der Waals surface area contributed by atoms with Crippen LogP contribution in [0.5, 0.6) is 0 Å². The SMILES string of the molecule is CCCN(CC(=O)N(C)C)c1ccc(C#N)cc1C. The van der Waals surface area contributed by atoms with Gasteiger partial charge in [0.2, 0.25) is 5.91 Å². The van der Waals surface area contributed by atoms with Crippen LogP contribution in [0.1, 0.15) is 24.5 Å². The molecule has 1 rings (SSSR count). The number of amides is 1. The van der Waals surface area contributed by atoms with Crippen molar-refractivity contribution in [3.05, 3.63) is 29.3 Å². The van der Waals surface area contributed by atoms with Gasteiger partial charge in [-0.15, -0.1) is 0 Å². The fraction of sp³-hybridized carbons (Fsp3) is 0.467. The molecule has 0 aliphatic heterocycles. The second-order valence-corrected chi connectivity index (χ2v) is 4.82. The van der Waals surface area contributed by atoms with Crippen molar-refractivity contribution < 1.29 is 4.79 Å². The maximum absolute atomic E-state index is 11.9. The lowest BCUT2D eigenvalue weighted by Crippen LogP contribution is -2.37. The minimum atomic E-state index is 0.0807. The predicted octanol–water partition coefficient (Wildman–Crippen LogP) is 2.17. The first-order chi connectivity index (χ1) is 8.99. The number of likely N-dealkylation sites (N-methyl/N-ethyl adjacent to an activating group) is 1. The third-order valence-electron chi connectivity index (χ3n) is 2.99. The summed E-state index contributed by atoms with van der Waals surface area (Å²) in [6.07, 6.45) is 0.972. The molecule has 0 aliphatic rings. The Balaban J connectivity index is 2.99. The van der Waals surface area contributed by atoms with Crippen molar-refractivity contribution >= 4 is 11.6 Å². The molecule has 0 spiro atoms. The molecular formula is C15H21N3O. The van der Waals surface area contributed by atoms with Crippen LogP contribution in [0, 0.1) is 18.3 Å². The van der Waals surface area contributed by atoms with E-state index in [9.17, 15) is 4.79 Å². The number of aryl methyl sites for hydroxylation is 1. The van der Waals surface area contributed by atoms with E-state index in [1.165, 1.54) is 0 Å². The van der Waals surface area contributed by atoms with Crippen LogP contribution in [-0.4, -0.2) is 38.0 Å². The van der Waals surface area contributed by atoms with Gasteiger partial charge in [-0.2, -0.15) is 5.26 Å². The summed E-state index contributed by atoms with van der Waals surface area (Å²) in [5.41, 5.74) is 2.70. The normalized spacial score (nSPS) is 9.84. The average Bonchev–Trinajstić information content (AvgIpc) is 2.37. The van der Waals surface area contributed by atoms with Gasteiger partial charge < -0.3 is 9.80 Å². The zero-order valence-electron chi connectivity index (χ0n) is 12.1. The Morgan fingerprint density at radius 3 is 2.53 bits per heavy atom. The molecule has 0 atom stereocenters. The first kappa shape index (κ1) is 15.0. The molecule has 102 valence electrons. The molecule has 4 nitrogen and oxygen atoms in total. The quantitative estimate of drug-likeness (QED) is 0.814. The Morgan fingerprint density at radius 2 is 2.05 bits per heavy atom. The van der Waals surface area contributed by atoms with Crippen LogP contribution in [0.3, 0.4) is 0 Å². The molecule has 0 radical (unpaired) electrons. The van der Waals surface area contributed by atoms with E-state index in [-0.39, 0.29) is 5.91 Å². The lowest BCUT2D eigenvalue weighted by molar-refractivity contribution is -0.127. The van der Waals surface area contributed by atoms with Crippen LogP contribution in [0.25, 0.3) is 0 Å². The Labute approximate surface area is 115 Å². The van der Waals surface area contributed by atoms with Gasteiger partial charge in [-0.25, -0.2) is 0 Å². The molecule has 19 heavy (non-hydrogen) atoms. The number of hydrogen-bond donors (Lipinski definition) is 0. The summed E-state index contributed by atoms with van der Waals surface area (Å²) in [5.74, 6) is 0.0807. The van der Waals surface area contributed by atoms with Crippen molar-refractivity contribution in [1.82, 2.24) is 4.90 Å². The zero-order chi connectivity index (χ0) is 14.4. The van der Waals surface area contributed by atoms with Crippen molar-refractivity contribution in [3.63, 3.8) is 0 Å². The van der Waals surface area contributed by atoms with Gasteiger partial charge in [0.15, 0.2) is 0 Å². The molecule has 0 saturated carbocycles. The fourth-order valence-corrected chi connectivity index (χ4v) is 1.94. The predicted molar refractivity (Wildman–Crippen MR) is 77.1 cm³/mol. The standard InChI is InChI=1S/C15H21N3O/c1-5-8-18(11-15(19)17(3)4)14-7-6-13(10-16)9-12(14)2/h6-7,9H,5,8,11H2,1-4H3. The smallest absolute Gasteiger partial charge is 0.241 e. The van der Waals surface area contributed by atoms with E-state index in [0.29, 0.717) is 12.1 Å². The number of anilines is 1. The molecule has 0 saturated heterocycles. The van der Waals surface area contributed by atoms with E-state index in [1.54, 1.807) is 25.1 Å². The van der Waals surface area contributed by atoms with E-state index >= 15 is 0 Å². The highest BCUT2D eigenvalue weighted by molar-refractivity contribution is 5.81. The van der Waals surface area contributed by atoms with E-state index in [2.05, 4.69) is 17.9 Å². The molecule has 0 unspecified atom stereocenters. The minimum Gasteiger partial charge on any atom is -0.362 e. The Kier molecular flexibility index (Phi) is 5.37. The third kappa shape index (κ3) is 3.99. The van der Waals surface area contributed by atoms with Gasteiger partial charge in [-0.3, -0.25) is 4.79 Å². The third-order valence-corrected chi connectivity index (χ3v) is 2.99. The van der Waals surface area contributed by atoms with Crippen LogP contribution in [-0.2, 0) is 4.79 Å². The van der Waals surface area contributed by atoms with Gasteiger partial charge in [0, 0.05) is 26.3 Å². The summed E-state index contributed by atoms with van der Waals surface area (Å²) in [5, 5.41) is 8.89. The van der Waals surface area contributed by atoms with Crippen molar-refractivity contribution in [1.29, 1.82) is 5.26 Å². The highest BCUT2D eigenvalue weighted by atomic mass is 16.2. The Bertz CT molecular complexity index is 489. The van der Waals surface area contributed by atoms with Crippen LogP contribution >= 0.6 is 0 Å². The van der Waals surface area contributed by atoms with Gasteiger partial charge in [-0.1, -0.05) is 6.92 Å². The van der Waals surface area contributed by atoms with E-state index in [1.807, 2.05) is 19.1 Å². The second kappa shape index (κ2) is 6.79. The molecule has 0 aromatic heterocycles. The van der Waals surface area contributed by atoms with Crippen molar-refractivity contribution in [3.8, 4) is 6.07 Å². The van der Waals surface area contributed by atoms with E-state index < -0.39 is 0 Å². The summed E-state index contributed by atoms with van der Waals surface area (Å²) < 4.78 is 0. The largest absolute Gasteiger partial charge is 0.362 e. The molecule has 0 aliphatic carbocycles. The van der Waals surface area contributed by atoms with Gasteiger partial charge >= 0.3 is 0 Å². The average molecular weight is 259 g/mol. The van der Waals surface area contributed by atoms with Crippen molar-refractivity contribution in [2.45, 2.75) is 20.3 Å². The molecule has 1 aromatic rings. The molecule has 0 bridgehead atoms.